The van der Waals surface area contributed by atoms with E-state index in [0.717, 1.165) is 38.0 Å². The van der Waals surface area contributed by atoms with Crippen LogP contribution in [0.15, 0.2) is 30.8 Å². The van der Waals surface area contributed by atoms with Crippen LogP contribution in [0, 0.1) is 0 Å². The number of esters is 1. The molecule has 1 amide bonds. The Morgan fingerprint density at radius 1 is 1.19 bits per heavy atom. The van der Waals surface area contributed by atoms with Crippen molar-refractivity contribution >= 4 is 17.6 Å². The summed E-state index contributed by atoms with van der Waals surface area (Å²) < 4.78 is 10.0. The first-order valence-corrected chi connectivity index (χ1v) is 9.26. The van der Waals surface area contributed by atoms with Crippen molar-refractivity contribution in [2.45, 2.75) is 51.8 Å². The van der Waals surface area contributed by atoms with Crippen molar-refractivity contribution in [2.75, 3.05) is 20.2 Å². The molecular formula is C21H30N2O4. The van der Waals surface area contributed by atoms with Crippen LogP contribution in [-0.4, -0.2) is 48.8 Å². The minimum Gasteiger partial charge on any atom is -0.465 e. The lowest BCUT2D eigenvalue weighted by molar-refractivity contribution is -0.133. The zero-order chi connectivity index (χ0) is 20.0. The van der Waals surface area contributed by atoms with Crippen LogP contribution >= 0.6 is 0 Å². The first-order chi connectivity index (χ1) is 12.7. The summed E-state index contributed by atoms with van der Waals surface area (Å²) in [6.07, 6.45) is 1.45. The predicted octanol–water partition coefficient (Wildman–Crippen LogP) is 3.36. The van der Waals surface area contributed by atoms with Crippen LogP contribution in [0.4, 0.5) is 4.79 Å². The molecular weight excluding hydrogens is 344 g/mol. The van der Waals surface area contributed by atoms with Gasteiger partial charge in [-0.25, -0.2) is 9.59 Å². The van der Waals surface area contributed by atoms with Gasteiger partial charge in [-0.1, -0.05) is 30.8 Å². The molecule has 0 aliphatic carbocycles. The minimum absolute atomic E-state index is 0.154. The van der Waals surface area contributed by atoms with E-state index >= 15 is 0 Å². The van der Waals surface area contributed by atoms with E-state index < -0.39 is 11.6 Å². The molecule has 27 heavy (non-hydrogen) atoms. The van der Waals surface area contributed by atoms with Gasteiger partial charge in [0.2, 0.25) is 0 Å². The third kappa shape index (κ3) is 6.71. The molecule has 1 heterocycles. The molecule has 0 unspecified atom stereocenters. The molecule has 0 bridgehead atoms. The number of rotatable bonds is 5. The molecule has 1 aliphatic rings. The highest BCUT2D eigenvalue weighted by atomic mass is 16.6. The van der Waals surface area contributed by atoms with E-state index in [4.69, 9.17) is 9.47 Å². The molecule has 148 valence electrons. The van der Waals surface area contributed by atoms with E-state index in [0.29, 0.717) is 5.57 Å². The third-order valence-electron chi connectivity index (χ3n) is 4.45. The van der Waals surface area contributed by atoms with Crippen LogP contribution < -0.4 is 5.32 Å². The second-order valence-electron chi connectivity index (χ2n) is 7.86. The lowest BCUT2D eigenvalue weighted by Gasteiger charge is -2.32. The topological polar surface area (TPSA) is 67.9 Å². The number of hydrogen-bond donors (Lipinski definition) is 1. The van der Waals surface area contributed by atoms with Crippen molar-refractivity contribution in [3.8, 4) is 0 Å². The highest BCUT2D eigenvalue weighted by Gasteiger charge is 2.23. The van der Waals surface area contributed by atoms with E-state index in [2.05, 4.69) is 16.8 Å². The number of piperidine rings is 1. The van der Waals surface area contributed by atoms with E-state index in [1.165, 1.54) is 12.7 Å². The summed E-state index contributed by atoms with van der Waals surface area (Å²) in [5.41, 5.74) is 1.83. The molecule has 1 aromatic rings. The number of carbonyl (C=O) groups is 2. The fourth-order valence-electron chi connectivity index (χ4n) is 3.02. The monoisotopic (exact) mass is 374 g/mol. The normalized spacial score (nSPS) is 15.9. The Hall–Kier alpha value is -2.34. The molecule has 1 aromatic carbocycles. The summed E-state index contributed by atoms with van der Waals surface area (Å²) in [5, 5.41) is 2.95. The molecule has 1 saturated heterocycles. The van der Waals surface area contributed by atoms with Gasteiger partial charge in [0.05, 0.1) is 12.7 Å². The quantitative estimate of drug-likeness (QED) is 0.632. The van der Waals surface area contributed by atoms with Gasteiger partial charge in [0.15, 0.2) is 0 Å². The Morgan fingerprint density at radius 3 is 2.30 bits per heavy atom. The van der Waals surface area contributed by atoms with Crippen molar-refractivity contribution in [3.63, 3.8) is 0 Å². The first-order valence-electron chi connectivity index (χ1n) is 9.26. The van der Waals surface area contributed by atoms with E-state index in [9.17, 15) is 9.59 Å². The summed E-state index contributed by atoms with van der Waals surface area (Å²) in [6, 6.07) is 7.96. The summed E-state index contributed by atoms with van der Waals surface area (Å²) in [7, 11) is 1.35. The number of nitrogens with one attached hydrogen (secondary N) is 1. The smallest absolute Gasteiger partial charge is 0.407 e. The highest BCUT2D eigenvalue weighted by Crippen LogP contribution is 2.18. The minimum atomic E-state index is -0.476. The van der Waals surface area contributed by atoms with Gasteiger partial charge in [0.1, 0.15) is 5.60 Å². The van der Waals surface area contributed by atoms with Crippen LogP contribution in [0.5, 0.6) is 0 Å². The SMILES string of the molecule is C=C(C(=O)OC)c1ccc(CN2CCC(NC(=O)OC(C)(C)C)CC2)cc1. The molecule has 1 N–H and O–H groups in total. The number of hydrogen-bond acceptors (Lipinski definition) is 5. The summed E-state index contributed by atoms with van der Waals surface area (Å²) in [5.74, 6) is -0.415. The molecule has 0 radical (unpaired) electrons. The summed E-state index contributed by atoms with van der Waals surface area (Å²) in [4.78, 5) is 25.8. The Bertz CT molecular complexity index is 668. The number of methoxy groups -OCH3 is 1. The van der Waals surface area contributed by atoms with Crippen molar-refractivity contribution in [1.82, 2.24) is 10.2 Å². The molecule has 0 saturated carbocycles. The number of ether oxygens (including phenoxy) is 2. The zero-order valence-electron chi connectivity index (χ0n) is 16.7. The van der Waals surface area contributed by atoms with Crippen molar-refractivity contribution < 1.29 is 19.1 Å². The standard InChI is InChI=1S/C21H30N2O4/c1-15(19(24)26-5)17-8-6-16(7-9-17)14-23-12-10-18(11-13-23)22-20(25)27-21(2,3)4/h6-9,18H,1,10-14H2,2-5H3,(H,22,25). The third-order valence-corrected chi connectivity index (χ3v) is 4.45. The van der Waals surface area contributed by atoms with Gasteiger partial charge in [0, 0.05) is 25.7 Å². The molecule has 6 heteroatoms. The van der Waals surface area contributed by atoms with E-state index in [-0.39, 0.29) is 12.1 Å². The van der Waals surface area contributed by atoms with Crippen LogP contribution in [-0.2, 0) is 20.8 Å². The first kappa shape index (κ1) is 21.0. The van der Waals surface area contributed by atoms with Gasteiger partial charge in [-0.3, -0.25) is 4.90 Å². The lowest BCUT2D eigenvalue weighted by atomic mass is 10.0. The van der Waals surface area contributed by atoms with Crippen LogP contribution in [0.1, 0.15) is 44.7 Å². The fraction of sp³-hybridized carbons (Fsp3) is 0.524. The molecule has 0 atom stereocenters. The molecule has 1 aliphatic heterocycles. The van der Waals surface area contributed by atoms with Gasteiger partial charge in [-0.05, 0) is 44.7 Å². The Kier molecular flexibility index (Phi) is 7.02. The fourth-order valence-corrected chi connectivity index (χ4v) is 3.02. The maximum absolute atomic E-state index is 11.9. The summed E-state index contributed by atoms with van der Waals surface area (Å²) in [6.45, 7) is 12.0. The Labute approximate surface area is 161 Å². The second-order valence-corrected chi connectivity index (χ2v) is 7.86. The Balaban J connectivity index is 1.79. The molecule has 0 aromatic heterocycles. The highest BCUT2D eigenvalue weighted by molar-refractivity contribution is 6.15. The van der Waals surface area contributed by atoms with E-state index in [1.54, 1.807) is 0 Å². The summed E-state index contributed by atoms with van der Waals surface area (Å²) >= 11 is 0. The maximum Gasteiger partial charge on any atom is 0.407 e. The molecule has 6 nitrogen and oxygen atoms in total. The van der Waals surface area contributed by atoms with Crippen molar-refractivity contribution in [2.24, 2.45) is 0 Å². The number of amides is 1. The number of alkyl carbamates (subject to hydrolysis) is 1. The zero-order valence-corrected chi connectivity index (χ0v) is 16.7. The predicted molar refractivity (Wildman–Crippen MR) is 105 cm³/mol. The van der Waals surface area contributed by atoms with Gasteiger partial charge in [-0.2, -0.15) is 0 Å². The van der Waals surface area contributed by atoms with Crippen LogP contribution in [0.2, 0.25) is 0 Å². The number of benzene rings is 1. The van der Waals surface area contributed by atoms with Crippen LogP contribution in [0.3, 0.4) is 0 Å². The number of likely N-dealkylation sites (tertiary alicyclic amines) is 1. The molecule has 1 fully saturated rings. The van der Waals surface area contributed by atoms with Gasteiger partial charge < -0.3 is 14.8 Å². The average Bonchev–Trinajstić information content (AvgIpc) is 2.61. The number of carbonyl (C=O) groups excluding carboxylic acids is 2. The van der Waals surface area contributed by atoms with Gasteiger partial charge in [-0.15, -0.1) is 0 Å². The van der Waals surface area contributed by atoms with Crippen molar-refractivity contribution in [3.05, 3.63) is 42.0 Å². The van der Waals surface area contributed by atoms with Gasteiger partial charge >= 0.3 is 12.1 Å². The maximum atomic E-state index is 11.9. The molecule has 2 rings (SSSR count). The van der Waals surface area contributed by atoms with Crippen molar-refractivity contribution in [1.29, 1.82) is 0 Å². The second kappa shape index (κ2) is 9.04. The Morgan fingerprint density at radius 2 is 1.78 bits per heavy atom. The molecule has 0 spiro atoms. The van der Waals surface area contributed by atoms with Crippen LogP contribution in [0.25, 0.3) is 5.57 Å². The lowest BCUT2D eigenvalue weighted by Crippen LogP contribution is -2.45. The number of nitrogens with zero attached hydrogens (tertiary/aromatic N) is 1. The average molecular weight is 374 g/mol. The van der Waals surface area contributed by atoms with Gasteiger partial charge in [0.25, 0.3) is 0 Å². The van der Waals surface area contributed by atoms with E-state index in [1.807, 2.05) is 45.0 Å². The largest absolute Gasteiger partial charge is 0.465 e.